The van der Waals surface area contributed by atoms with Crippen LogP contribution < -0.4 is 15.5 Å². The molecule has 0 spiro atoms. The summed E-state index contributed by atoms with van der Waals surface area (Å²) in [6, 6.07) is 11.4. The molecule has 1 unspecified atom stereocenters. The van der Waals surface area contributed by atoms with Crippen LogP contribution in [0.2, 0.25) is 0 Å². The number of hydrogen-bond donors (Lipinski definition) is 2. The van der Waals surface area contributed by atoms with Gasteiger partial charge in [-0.2, -0.15) is 0 Å². The molecule has 0 saturated carbocycles. The van der Waals surface area contributed by atoms with Gasteiger partial charge in [0.1, 0.15) is 0 Å². The van der Waals surface area contributed by atoms with Crippen LogP contribution in [0.1, 0.15) is 42.5 Å². The number of rotatable bonds is 6. The van der Waals surface area contributed by atoms with Crippen LogP contribution in [0, 0.1) is 32.6 Å². The molecule has 164 valence electrons. The Bertz CT molecular complexity index is 990. The molecule has 1 heterocycles. The second-order valence-electron chi connectivity index (χ2n) is 8.69. The van der Waals surface area contributed by atoms with Gasteiger partial charge in [-0.3, -0.25) is 14.4 Å². The maximum atomic E-state index is 12.8. The predicted molar refractivity (Wildman–Crippen MR) is 123 cm³/mol. The summed E-state index contributed by atoms with van der Waals surface area (Å²) in [6.07, 6.45) is 0.181. The van der Waals surface area contributed by atoms with Gasteiger partial charge in [0.15, 0.2) is 0 Å². The number of nitrogens with zero attached hydrogens (tertiary/aromatic N) is 1. The van der Waals surface area contributed by atoms with Gasteiger partial charge in [-0.25, -0.2) is 0 Å². The Hall–Kier alpha value is -3.15. The molecular weight excluding hydrogens is 390 g/mol. The molecule has 3 amide bonds. The minimum atomic E-state index is -0.396. The van der Waals surface area contributed by atoms with Crippen LogP contribution in [-0.2, 0) is 20.9 Å². The number of carbonyl (C=O) groups excluding carboxylic acids is 3. The van der Waals surface area contributed by atoms with Crippen molar-refractivity contribution in [2.45, 2.75) is 47.6 Å². The molecule has 6 nitrogen and oxygen atoms in total. The minimum absolute atomic E-state index is 0.0798. The number of benzene rings is 2. The fourth-order valence-corrected chi connectivity index (χ4v) is 3.98. The van der Waals surface area contributed by atoms with E-state index in [-0.39, 0.29) is 30.1 Å². The molecule has 31 heavy (non-hydrogen) atoms. The van der Waals surface area contributed by atoms with Gasteiger partial charge in [0.25, 0.3) is 0 Å². The fraction of sp³-hybridized carbons (Fsp3) is 0.400. The van der Waals surface area contributed by atoms with Crippen LogP contribution >= 0.6 is 0 Å². The molecule has 1 aliphatic heterocycles. The zero-order chi connectivity index (χ0) is 22.7. The topological polar surface area (TPSA) is 78.5 Å². The lowest BCUT2D eigenvalue weighted by atomic mass is 9.99. The number of amides is 3. The highest BCUT2D eigenvalue weighted by molar-refractivity contribution is 6.01. The van der Waals surface area contributed by atoms with E-state index in [1.165, 1.54) is 5.56 Å². The number of anilines is 2. The normalized spacial score (nSPS) is 16.0. The Morgan fingerprint density at radius 2 is 1.77 bits per heavy atom. The Balaban J connectivity index is 1.65. The van der Waals surface area contributed by atoms with Gasteiger partial charge < -0.3 is 15.5 Å². The van der Waals surface area contributed by atoms with Gasteiger partial charge in [0.05, 0.1) is 5.92 Å². The molecule has 1 atom stereocenters. The molecule has 1 saturated heterocycles. The molecule has 0 aromatic heterocycles. The maximum absolute atomic E-state index is 12.8. The predicted octanol–water partition coefficient (Wildman–Crippen LogP) is 3.88. The first-order valence-corrected chi connectivity index (χ1v) is 10.7. The Morgan fingerprint density at radius 1 is 1.10 bits per heavy atom. The summed E-state index contributed by atoms with van der Waals surface area (Å²) < 4.78 is 0. The number of aryl methyl sites for hydroxylation is 3. The summed E-state index contributed by atoms with van der Waals surface area (Å²) in [6.45, 7) is 10.6. The van der Waals surface area contributed by atoms with Crippen molar-refractivity contribution in [3.8, 4) is 0 Å². The lowest BCUT2D eigenvalue weighted by Gasteiger charge is -2.18. The first-order valence-electron chi connectivity index (χ1n) is 10.7. The van der Waals surface area contributed by atoms with Crippen LogP contribution in [0.4, 0.5) is 11.4 Å². The molecule has 2 aromatic rings. The monoisotopic (exact) mass is 421 g/mol. The molecule has 2 aromatic carbocycles. The van der Waals surface area contributed by atoms with E-state index in [1.54, 1.807) is 23.1 Å². The third kappa shape index (κ3) is 5.32. The highest BCUT2D eigenvalue weighted by Crippen LogP contribution is 2.28. The summed E-state index contributed by atoms with van der Waals surface area (Å²) in [7, 11) is 0. The molecular formula is C25H31N3O3. The van der Waals surface area contributed by atoms with E-state index < -0.39 is 5.92 Å². The van der Waals surface area contributed by atoms with Crippen molar-refractivity contribution >= 4 is 29.1 Å². The highest BCUT2D eigenvalue weighted by Gasteiger charge is 2.35. The zero-order valence-electron chi connectivity index (χ0n) is 18.9. The van der Waals surface area contributed by atoms with Gasteiger partial charge in [-0.05, 0) is 55.7 Å². The van der Waals surface area contributed by atoms with E-state index in [0.717, 1.165) is 16.7 Å². The minimum Gasteiger partial charge on any atom is -0.352 e. The van der Waals surface area contributed by atoms with Crippen LogP contribution in [0.15, 0.2) is 36.4 Å². The maximum Gasteiger partial charge on any atom is 0.227 e. The Labute approximate surface area is 184 Å². The van der Waals surface area contributed by atoms with Crippen LogP contribution in [0.5, 0.6) is 0 Å². The second kappa shape index (κ2) is 9.33. The Morgan fingerprint density at radius 3 is 2.42 bits per heavy atom. The van der Waals surface area contributed by atoms with Gasteiger partial charge in [-0.15, -0.1) is 0 Å². The SMILES string of the molecule is Cc1cc(C)c(CNC(=O)C2CC(=O)N(c3cccc(NC(=O)C(C)C)c3)C2)c(C)c1. The van der Waals surface area contributed by atoms with E-state index in [1.807, 2.05) is 33.8 Å². The Kier molecular flexibility index (Phi) is 6.78. The second-order valence-corrected chi connectivity index (χ2v) is 8.69. The third-order valence-electron chi connectivity index (χ3n) is 5.73. The van der Waals surface area contributed by atoms with Crippen molar-refractivity contribution in [2.24, 2.45) is 11.8 Å². The van der Waals surface area contributed by atoms with E-state index >= 15 is 0 Å². The molecule has 6 heteroatoms. The van der Waals surface area contributed by atoms with Gasteiger partial charge in [-0.1, -0.05) is 37.6 Å². The van der Waals surface area contributed by atoms with Gasteiger partial charge in [0, 0.05) is 36.8 Å². The number of hydrogen-bond acceptors (Lipinski definition) is 3. The molecule has 1 fully saturated rings. The largest absolute Gasteiger partial charge is 0.352 e. The van der Waals surface area contributed by atoms with E-state index in [9.17, 15) is 14.4 Å². The van der Waals surface area contributed by atoms with Crippen molar-refractivity contribution in [3.05, 3.63) is 58.7 Å². The highest BCUT2D eigenvalue weighted by atomic mass is 16.2. The molecule has 3 rings (SSSR count). The van der Waals surface area contributed by atoms with Crippen molar-refractivity contribution in [1.82, 2.24) is 5.32 Å². The first-order chi connectivity index (χ1) is 14.7. The standard InChI is InChI=1S/C25H31N3O3/c1-15(2)24(30)27-20-7-6-8-21(12-20)28-14-19(11-23(28)29)25(31)26-13-22-17(4)9-16(3)10-18(22)5/h6-10,12,15,19H,11,13-14H2,1-5H3,(H,26,31)(H,27,30). The zero-order valence-corrected chi connectivity index (χ0v) is 18.9. The summed E-state index contributed by atoms with van der Waals surface area (Å²) in [5, 5.41) is 5.86. The van der Waals surface area contributed by atoms with Crippen LogP contribution in [-0.4, -0.2) is 24.3 Å². The average molecular weight is 422 g/mol. The first kappa shape index (κ1) is 22.5. The van der Waals surface area contributed by atoms with E-state index in [4.69, 9.17) is 0 Å². The quantitative estimate of drug-likeness (QED) is 0.743. The van der Waals surface area contributed by atoms with Crippen LogP contribution in [0.25, 0.3) is 0 Å². The van der Waals surface area contributed by atoms with E-state index in [0.29, 0.717) is 24.5 Å². The number of nitrogens with one attached hydrogen (secondary N) is 2. The van der Waals surface area contributed by atoms with Crippen molar-refractivity contribution < 1.29 is 14.4 Å². The van der Waals surface area contributed by atoms with Crippen molar-refractivity contribution in [1.29, 1.82) is 0 Å². The summed E-state index contributed by atoms with van der Waals surface area (Å²) in [5.74, 6) is -0.808. The molecule has 0 aliphatic carbocycles. The van der Waals surface area contributed by atoms with Gasteiger partial charge >= 0.3 is 0 Å². The molecule has 2 N–H and O–H groups in total. The van der Waals surface area contributed by atoms with Gasteiger partial charge in [0.2, 0.25) is 17.7 Å². The lowest BCUT2D eigenvalue weighted by Crippen LogP contribution is -2.33. The van der Waals surface area contributed by atoms with Crippen molar-refractivity contribution in [3.63, 3.8) is 0 Å². The lowest BCUT2D eigenvalue weighted by molar-refractivity contribution is -0.126. The summed E-state index contributed by atoms with van der Waals surface area (Å²) in [5.41, 5.74) is 5.96. The molecule has 0 radical (unpaired) electrons. The average Bonchev–Trinajstić information content (AvgIpc) is 3.09. The fourth-order valence-electron chi connectivity index (χ4n) is 3.98. The van der Waals surface area contributed by atoms with E-state index in [2.05, 4.69) is 29.7 Å². The smallest absolute Gasteiger partial charge is 0.227 e. The molecule has 0 bridgehead atoms. The number of carbonyl (C=O) groups is 3. The van der Waals surface area contributed by atoms with Crippen LogP contribution in [0.3, 0.4) is 0 Å². The molecule has 1 aliphatic rings. The summed E-state index contributed by atoms with van der Waals surface area (Å²) >= 11 is 0. The summed E-state index contributed by atoms with van der Waals surface area (Å²) in [4.78, 5) is 39.0. The van der Waals surface area contributed by atoms with Crippen molar-refractivity contribution in [2.75, 3.05) is 16.8 Å². The third-order valence-corrected chi connectivity index (χ3v) is 5.73.